The van der Waals surface area contributed by atoms with E-state index in [-0.39, 0.29) is 24.4 Å². The summed E-state index contributed by atoms with van der Waals surface area (Å²) >= 11 is 1.73. The van der Waals surface area contributed by atoms with Crippen molar-refractivity contribution in [3.8, 4) is 5.75 Å². The highest BCUT2D eigenvalue weighted by atomic mass is 32.2. The lowest BCUT2D eigenvalue weighted by molar-refractivity contribution is -0.137. The number of hydrogen-bond donors (Lipinski definition) is 2. The van der Waals surface area contributed by atoms with Gasteiger partial charge in [0.25, 0.3) is 0 Å². The molecule has 7 nitrogen and oxygen atoms in total. The molecule has 3 aromatic rings. The minimum Gasteiger partial charge on any atom is -0.488 e. The first-order valence-electron chi connectivity index (χ1n) is 11.8. The highest BCUT2D eigenvalue weighted by molar-refractivity contribution is 7.97. The van der Waals surface area contributed by atoms with Gasteiger partial charge in [-0.2, -0.15) is 15.4 Å². The van der Waals surface area contributed by atoms with Crippen LogP contribution in [0.5, 0.6) is 5.75 Å². The normalized spacial score (nSPS) is 17.9. The van der Waals surface area contributed by atoms with Crippen LogP contribution in [0.2, 0.25) is 0 Å². The van der Waals surface area contributed by atoms with E-state index in [0.717, 1.165) is 41.4 Å². The number of aryl methyl sites for hydroxylation is 1. The van der Waals surface area contributed by atoms with Gasteiger partial charge in [-0.1, -0.05) is 44.2 Å². The van der Waals surface area contributed by atoms with E-state index in [1.807, 2.05) is 18.2 Å². The fourth-order valence-corrected chi connectivity index (χ4v) is 5.47. The van der Waals surface area contributed by atoms with Crippen molar-refractivity contribution in [1.29, 1.82) is 0 Å². The number of fused-ring (bicyclic) bond motifs is 1. The minimum atomic E-state index is -0.790. The summed E-state index contributed by atoms with van der Waals surface area (Å²) in [6.45, 7) is 7.92. The number of carboxylic acid groups (broad SMARTS) is 1. The molecule has 2 aromatic carbocycles. The predicted octanol–water partition coefficient (Wildman–Crippen LogP) is 5.55. The third kappa shape index (κ3) is 5.98. The Morgan fingerprint density at radius 1 is 1.32 bits per heavy atom. The molecule has 0 radical (unpaired) electrons. The fraction of sp³-hybridized carbons (Fsp3) is 0.423. The van der Waals surface area contributed by atoms with Crippen molar-refractivity contribution < 1.29 is 14.6 Å². The maximum absolute atomic E-state index is 11.7. The molecule has 8 heteroatoms. The van der Waals surface area contributed by atoms with Crippen LogP contribution in [0.1, 0.15) is 67.3 Å². The third-order valence-corrected chi connectivity index (χ3v) is 7.49. The first kappa shape index (κ1) is 24.3. The van der Waals surface area contributed by atoms with Crippen molar-refractivity contribution >= 4 is 17.9 Å². The average molecular weight is 481 g/mol. The second-order valence-corrected chi connectivity index (χ2v) is 10.2. The van der Waals surface area contributed by atoms with Gasteiger partial charge in [0, 0.05) is 19.0 Å². The van der Waals surface area contributed by atoms with E-state index in [0.29, 0.717) is 6.42 Å². The van der Waals surface area contributed by atoms with Gasteiger partial charge in [0.1, 0.15) is 11.9 Å². The number of nitrogens with zero attached hydrogens (tertiary/aromatic N) is 3. The van der Waals surface area contributed by atoms with Gasteiger partial charge in [-0.05, 0) is 66.5 Å². The van der Waals surface area contributed by atoms with E-state index in [4.69, 9.17) is 4.74 Å². The minimum absolute atomic E-state index is 0.0856. The lowest BCUT2D eigenvalue weighted by Gasteiger charge is -2.24. The molecule has 1 aromatic heterocycles. The van der Waals surface area contributed by atoms with Crippen molar-refractivity contribution in [3.05, 3.63) is 71.0 Å². The number of aromatic nitrogens is 3. The lowest BCUT2D eigenvalue weighted by atomic mass is 9.85. The molecule has 2 unspecified atom stereocenters. The zero-order chi connectivity index (χ0) is 24.1. The first-order valence-corrected chi connectivity index (χ1v) is 12.6. The Morgan fingerprint density at radius 2 is 2.15 bits per heavy atom. The first-order chi connectivity index (χ1) is 16.4. The van der Waals surface area contributed by atoms with E-state index < -0.39 is 5.97 Å². The Kier molecular flexibility index (Phi) is 7.90. The number of rotatable bonds is 9. The van der Waals surface area contributed by atoms with E-state index >= 15 is 0 Å². The Labute approximate surface area is 205 Å². The van der Waals surface area contributed by atoms with Crippen LogP contribution in [0.25, 0.3) is 0 Å². The maximum atomic E-state index is 11.7. The molecule has 0 spiro atoms. The van der Waals surface area contributed by atoms with Crippen molar-refractivity contribution in [2.45, 2.75) is 69.4 Å². The summed E-state index contributed by atoms with van der Waals surface area (Å²) in [5, 5.41) is 20.3. The van der Waals surface area contributed by atoms with Gasteiger partial charge < -0.3 is 9.84 Å². The topological polar surface area (TPSA) is 91.3 Å². The summed E-state index contributed by atoms with van der Waals surface area (Å²) in [6.07, 6.45) is 3.55. The molecule has 0 saturated heterocycles. The molecule has 0 bridgehead atoms. The summed E-state index contributed by atoms with van der Waals surface area (Å²) < 4.78 is 8.61. The van der Waals surface area contributed by atoms with Gasteiger partial charge in [0.15, 0.2) is 0 Å². The summed E-state index contributed by atoms with van der Waals surface area (Å²) in [5.41, 5.74) is 4.33. The molecular weight excluding hydrogens is 448 g/mol. The molecular formula is C26H32N4O3S. The van der Waals surface area contributed by atoms with Crippen LogP contribution in [0, 0.1) is 6.92 Å². The molecule has 4 rings (SSSR count). The molecule has 2 N–H and O–H groups in total. The zero-order valence-electron chi connectivity index (χ0n) is 19.9. The Morgan fingerprint density at radius 3 is 2.88 bits per heavy atom. The Bertz CT molecular complexity index is 1110. The molecule has 0 amide bonds. The summed E-state index contributed by atoms with van der Waals surface area (Å²) in [6, 6.07) is 14.6. The van der Waals surface area contributed by atoms with Gasteiger partial charge in [0.05, 0.1) is 23.2 Å². The number of aliphatic carboxylic acids is 1. The van der Waals surface area contributed by atoms with Crippen LogP contribution < -0.4 is 4.74 Å². The van der Waals surface area contributed by atoms with Gasteiger partial charge >= 0.3 is 5.97 Å². The maximum Gasteiger partial charge on any atom is 0.303 e. The standard InChI is InChI=1S/C26H32N4O3S/c1-4-22-16-30(34-25-8-6-5-7-24(25)33-22)15-21-12-19(10-9-17(21)2)20(13-26(31)32)11-18(3)23-14-27-29-28-23/h5-10,12,14,18,20,22H,4,11,13,15-16H2,1-3H3,(H,31,32)(H,27,28,29)/t18?,20?,22-/m1/s1. The molecule has 34 heavy (non-hydrogen) atoms. The largest absolute Gasteiger partial charge is 0.488 e. The number of nitrogens with one attached hydrogen (secondary N) is 1. The summed E-state index contributed by atoms with van der Waals surface area (Å²) in [7, 11) is 0. The average Bonchev–Trinajstić information content (AvgIpc) is 3.29. The van der Waals surface area contributed by atoms with Crippen LogP contribution in [0.4, 0.5) is 0 Å². The molecule has 1 aliphatic rings. The number of ether oxygens (including phenoxy) is 1. The van der Waals surface area contributed by atoms with Crippen molar-refractivity contribution in [3.63, 3.8) is 0 Å². The molecule has 0 aliphatic carbocycles. The number of hydrogen-bond acceptors (Lipinski definition) is 6. The smallest absolute Gasteiger partial charge is 0.303 e. The SMILES string of the molecule is CC[C@@H]1CN(Cc2cc(C(CC(=O)O)CC(C)c3cn[nH]n3)ccc2C)Sc2ccccc2O1. The van der Waals surface area contributed by atoms with Crippen LogP contribution in [0.15, 0.2) is 53.6 Å². The van der Waals surface area contributed by atoms with Crippen molar-refractivity contribution in [2.75, 3.05) is 6.54 Å². The second kappa shape index (κ2) is 11.1. The quantitative estimate of drug-likeness (QED) is 0.388. The molecule has 1 aliphatic heterocycles. The Hall–Kier alpha value is -2.84. The predicted molar refractivity (Wildman–Crippen MR) is 133 cm³/mol. The fourth-order valence-electron chi connectivity index (χ4n) is 4.40. The van der Waals surface area contributed by atoms with E-state index in [1.165, 1.54) is 11.1 Å². The Balaban J connectivity index is 1.57. The van der Waals surface area contributed by atoms with Crippen molar-refractivity contribution in [2.24, 2.45) is 0 Å². The number of aromatic amines is 1. The number of carbonyl (C=O) groups is 1. The molecule has 180 valence electrons. The lowest BCUT2D eigenvalue weighted by Crippen LogP contribution is -2.29. The van der Waals surface area contributed by atoms with Gasteiger partial charge in [-0.15, -0.1) is 0 Å². The summed E-state index contributed by atoms with van der Waals surface area (Å²) in [4.78, 5) is 12.8. The van der Waals surface area contributed by atoms with E-state index in [1.54, 1.807) is 18.1 Å². The highest BCUT2D eigenvalue weighted by Crippen LogP contribution is 2.38. The van der Waals surface area contributed by atoms with Crippen LogP contribution in [0.3, 0.4) is 0 Å². The van der Waals surface area contributed by atoms with Crippen LogP contribution in [-0.2, 0) is 11.3 Å². The molecule has 3 atom stereocenters. The molecule has 2 heterocycles. The van der Waals surface area contributed by atoms with E-state index in [9.17, 15) is 9.90 Å². The molecule has 0 saturated carbocycles. The number of para-hydroxylation sites is 1. The second-order valence-electron chi connectivity index (χ2n) is 9.02. The highest BCUT2D eigenvalue weighted by Gasteiger charge is 2.25. The summed E-state index contributed by atoms with van der Waals surface area (Å²) in [5.74, 6) is 0.151. The molecule has 0 fully saturated rings. The van der Waals surface area contributed by atoms with Gasteiger partial charge in [0.2, 0.25) is 0 Å². The van der Waals surface area contributed by atoms with Crippen molar-refractivity contribution in [1.82, 2.24) is 19.7 Å². The monoisotopic (exact) mass is 480 g/mol. The van der Waals surface area contributed by atoms with Crippen LogP contribution in [-0.4, -0.2) is 43.4 Å². The zero-order valence-corrected chi connectivity index (χ0v) is 20.7. The van der Waals surface area contributed by atoms with E-state index in [2.05, 4.69) is 64.8 Å². The van der Waals surface area contributed by atoms with Gasteiger partial charge in [-0.25, -0.2) is 4.31 Å². The van der Waals surface area contributed by atoms with Crippen LogP contribution >= 0.6 is 11.9 Å². The van der Waals surface area contributed by atoms with Gasteiger partial charge in [-0.3, -0.25) is 4.79 Å². The third-order valence-electron chi connectivity index (χ3n) is 6.42. The number of carboxylic acids is 1. The number of benzene rings is 2. The number of H-pyrrole nitrogens is 1.